The zero-order valence-electron chi connectivity index (χ0n) is 8.16. The second-order valence-corrected chi connectivity index (χ2v) is 3.90. The minimum absolute atomic E-state index is 0.328. The van der Waals surface area contributed by atoms with Crippen molar-refractivity contribution in [2.75, 3.05) is 0 Å². The third kappa shape index (κ3) is 1.59. The van der Waals surface area contributed by atoms with Gasteiger partial charge in [-0.15, -0.1) is 0 Å². The van der Waals surface area contributed by atoms with Crippen LogP contribution in [0.4, 0.5) is 0 Å². The van der Waals surface area contributed by atoms with E-state index in [0.717, 1.165) is 23.5 Å². The highest BCUT2D eigenvalue weighted by molar-refractivity contribution is 5.77. The van der Waals surface area contributed by atoms with Crippen LogP contribution in [-0.4, -0.2) is 5.54 Å². The van der Waals surface area contributed by atoms with Crippen LogP contribution in [0, 0.1) is 0 Å². The largest absolute Gasteiger partial charge is 0.464 e. The highest BCUT2D eigenvalue weighted by Gasteiger charge is 2.22. The molecule has 0 spiro atoms. The molecule has 0 fully saturated rings. The third-order valence-electron chi connectivity index (χ3n) is 2.33. The monoisotopic (exact) mass is 190 g/mol. The van der Waals surface area contributed by atoms with Crippen molar-refractivity contribution in [1.82, 2.24) is 0 Å². The quantitative estimate of drug-likeness (QED) is 0.707. The first-order valence-electron chi connectivity index (χ1n) is 4.60. The van der Waals surface area contributed by atoms with E-state index in [9.17, 15) is 0 Å². The minimum Gasteiger partial charge on any atom is -0.464 e. The fourth-order valence-electron chi connectivity index (χ4n) is 1.56. The first-order valence-corrected chi connectivity index (χ1v) is 4.60. The molecule has 0 amide bonds. The molecule has 1 atom stereocenters. The average Bonchev–Trinajstić information content (AvgIpc) is 2.62. The maximum Gasteiger partial charge on any atom is 0.135 e. The highest BCUT2D eigenvalue weighted by atomic mass is 16.3. The molecule has 4 N–H and O–H groups in total. The summed E-state index contributed by atoms with van der Waals surface area (Å²) < 4.78 is 5.29. The number of rotatable bonds is 1. The van der Waals surface area contributed by atoms with Gasteiger partial charge in [0.15, 0.2) is 0 Å². The number of allylic oxidation sites excluding steroid dienone is 1. The van der Waals surface area contributed by atoms with E-state index in [1.54, 1.807) is 6.26 Å². The molecule has 3 heteroatoms. The maximum absolute atomic E-state index is 6.02. The Morgan fingerprint density at radius 1 is 1.50 bits per heavy atom. The van der Waals surface area contributed by atoms with Crippen molar-refractivity contribution >= 4 is 5.57 Å². The number of hydrogen-bond acceptors (Lipinski definition) is 3. The average molecular weight is 190 g/mol. The fourth-order valence-corrected chi connectivity index (χ4v) is 1.56. The summed E-state index contributed by atoms with van der Waals surface area (Å²) in [6.07, 6.45) is 6.30. The van der Waals surface area contributed by atoms with Gasteiger partial charge in [-0.2, -0.15) is 0 Å². The van der Waals surface area contributed by atoms with Crippen LogP contribution in [0.3, 0.4) is 0 Å². The predicted octanol–water partition coefficient (Wildman–Crippen LogP) is 1.63. The fraction of sp³-hybridized carbons (Fsp3) is 0.273. The molecule has 1 aromatic rings. The molecule has 3 nitrogen and oxygen atoms in total. The molecule has 1 aliphatic carbocycles. The molecule has 14 heavy (non-hydrogen) atoms. The Morgan fingerprint density at radius 2 is 2.29 bits per heavy atom. The molecule has 1 unspecified atom stereocenters. The number of hydrogen-bond donors (Lipinski definition) is 2. The maximum atomic E-state index is 6.02. The summed E-state index contributed by atoms with van der Waals surface area (Å²) in [5, 5.41) is 0. The van der Waals surface area contributed by atoms with Gasteiger partial charge >= 0.3 is 0 Å². The van der Waals surface area contributed by atoms with Gasteiger partial charge in [0.1, 0.15) is 5.76 Å². The predicted molar refractivity (Wildman–Crippen MR) is 56.2 cm³/mol. The lowest BCUT2D eigenvalue weighted by atomic mass is 9.88. The molecule has 1 aromatic heterocycles. The van der Waals surface area contributed by atoms with Crippen LogP contribution >= 0.6 is 0 Å². The van der Waals surface area contributed by atoms with E-state index in [4.69, 9.17) is 15.9 Å². The molecule has 1 heterocycles. The van der Waals surface area contributed by atoms with E-state index in [-0.39, 0.29) is 5.54 Å². The smallest absolute Gasteiger partial charge is 0.135 e. The topological polar surface area (TPSA) is 65.2 Å². The molecular formula is C11H14N2O. The van der Waals surface area contributed by atoms with Gasteiger partial charge in [-0.25, -0.2) is 0 Å². The van der Waals surface area contributed by atoms with Crippen molar-refractivity contribution in [1.29, 1.82) is 0 Å². The van der Waals surface area contributed by atoms with Crippen LogP contribution < -0.4 is 11.5 Å². The van der Waals surface area contributed by atoms with E-state index in [2.05, 4.69) is 0 Å². The van der Waals surface area contributed by atoms with Crippen LogP contribution in [-0.2, 0) is 0 Å². The van der Waals surface area contributed by atoms with E-state index in [1.165, 1.54) is 0 Å². The van der Waals surface area contributed by atoms with E-state index < -0.39 is 0 Å². The molecule has 0 aliphatic heterocycles. The summed E-state index contributed by atoms with van der Waals surface area (Å²) in [6.45, 7) is 1.97. The lowest BCUT2D eigenvalue weighted by molar-refractivity contribution is 0.545. The SMILES string of the molecule is CC1(N)C=C(c2ccco2)C(N)=CC1. The van der Waals surface area contributed by atoms with Crippen molar-refractivity contribution in [2.24, 2.45) is 11.5 Å². The molecule has 2 rings (SSSR count). The Hall–Kier alpha value is -1.48. The molecule has 74 valence electrons. The van der Waals surface area contributed by atoms with E-state index >= 15 is 0 Å². The molecule has 0 aromatic carbocycles. The molecule has 1 aliphatic rings. The zero-order valence-corrected chi connectivity index (χ0v) is 8.16. The van der Waals surface area contributed by atoms with Crippen LogP contribution in [0.1, 0.15) is 19.1 Å². The van der Waals surface area contributed by atoms with Gasteiger partial charge in [-0.1, -0.05) is 12.2 Å². The first-order chi connectivity index (χ1) is 6.58. The number of furan rings is 1. The Morgan fingerprint density at radius 3 is 2.93 bits per heavy atom. The zero-order chi connectivity index (χ0) is 10.2. The lowest BCUT2D eigenvalue weighted by Gasteiger charge is -2.24. The van der Waals surface area contributed by atoms with Gasteiger partial charge < -0.3 is 15.9 Å². The van der Waals surface area contributed by atoms with Crippen molar-refractivity contribution in [3.8, 4) is 0 Å². The van der Waals surface area contributed by atoms with E-state index in [0.29, 0.717) is 0 Å². The molecule has 0 saturated carbocycles. The molecular weight excluding hydrogens is 176 g/mol. The Labute approximate surface area is 83.1 Å². The summed E-state index contributed by atoms with van der Waals surface area (Å²) in [5.74, 6) is 0.773. The number of nitrogens with two attached hydrogens (primary N) is 2. The lowest BCUT2D eigenvalue weighted by Crippen LogP contribution is -2.35. The first kappa shape index (κ1) is 9.09. The van der Waals surface area contributed by atoms with Crippen molar-refractivity contribution in [3.63, 3.8) is 0 Å². The van der Waals surface area contributed by atoms with Crippen LogP contribution in [0.15, 0.2) is 40.7 Å². The van der Waals surface area contributed by atoms with Gasteiger partial charge in [0, 0.05) is 16.8 Å². The van der Waals surface area contributed by atoms with Gasteiger partial charge in [0.2, 0.25) is 0 Å². The van der Waals surface area contributed by atoms with Gasteiger partial charge in [0.25, 0.3) is 0 Å². The van der Waals surface area contributed by atoms with Crippen LogP contribution in [0.25, 0.3) is 5.57 Å². The Kier molecular flexibility index (Phi) is 1.97. The standard InChI is InChI=1S/C11H14N2O/c1-11(13)5-4-9(12)8(7-11)10-3-2-6-14-10/h2-4,6-7H,5,12-13H2,1H3. The third-order valence-corrected chi connectivity index (χ3v) is 2.33. The molecule has 0 bridgehead atoms. The van der Waals surface area contributed by atoms with Gasteiger partial charge in [-0.3, -0.25) is 0 Å². The van der Waals surface area contributed by atoms with Crippen LogP contribution in [0.5, 0.6) is 0 Å². The van der Waals surface area contributed by atoms with Crippen molar-refractivity contribution in [2.45, 2.75) is 18.9 Å². The minimum atomic E-state index is -0.328. The second-order valence-electron chi connectivity index (χ2n) is 3.90. The normalized spacial score (nSPS) is 27.0. The summed E-state index contributed by atoms with van der Waals surface area (Å²) in [7, 11) is 0. The Balaban J connectivity index is 2.42. The molecule has 0 radical (unpaired) electrons. The van der Waals surface area contributed by atoms with Crippen molar-refractivity contribution in [3.05, 3.63) is 42.0 Å². The van der Waals surface area contributed by atoms with Gasteiger partial charge in [-0.05, 0) is 25.5 Å². The van der Waals surface area contributed by atoms with E-state index in [1.807, 2.05) is 31.2 Å². The summed E-state index contributed by atoms with van der Waals surface area (Å²) >= 11 is 0. The highest BCUT2D eigenvalue weighted by Crippen LogP contribution is 2.28. The van der Waals surface area contributed by atoms with Crippen molar-refractivity contribution < 1.29 is 4.42 Å². The summed E-state index contributed by atoms with van der Waals surface area (Å²) in [5.41, 5.74) is 13.2. The van der Waals surface area contributed by atoms with Gasteiger partial charge in [0.05, 0.1) is 6.26 Å². The van der Waals surface area contributed by atoms with Crippen LogP contribution in [0.2, 0.25) is 0 Å². The Bertz CT molecular complexity index is 385. The summed E-state index contributed by atoms with van der Waals surface area (Å²) in [6, 6.07) is 3.72. The second kappa shape index (κ2) is 3.03. The molecule has 0 saturated heterocycles. The summed E-state index contributed by atoms with van der Waals surface area (Å²) in [4.78, 5) is 0.